The largest absolute Gasteiger partial charge is 0.436 e. The number of nitrogens with one attached hydrogen (secondary N) is 1. The van der Waals surface area contributed by atoms with Gasteiger partial charge in [-0.3, -0.25) is 9.59 Å². The highest BCUT2D eigenvalue weighted by molar-refractivity contribution is 7.91. The summed E-state index contributed by atoms with van der Waals surface area (Å²) in [6, 6.07) is 6.27. The van der Waals surface area contributed by atoms with Crippen molar-refractivity contribution in [1.29, 1.82) is 0 Å². The summed E-state index contributed by atoms with van der Waals surface area (Å²) in [6.07, 6.45) is 0.516. The summed E-state index contributed by atoms with van der Waals surface area (Å²) in [7, 11) is -2.34. The van der Waals surface area contributed by atoms with E-state index in [1.807, 2.05) is 6.92 Å². The van der Waals surface area contributed by atoms with E-state index >= 15 is 0 Å². The van der Waals surface area contributed by atoms with Crippen LogP contribution >= 0.6 is 22.9 Å². The van der Waals surface area contributed by atoms with Gasteiger partial charge in [-0.05, 0) is 30.5 Å². The molecule has 1 aromatic carbocycles. The molecule has 2 amide bonds. The first kappa shape index (κ1) is 28.0. The molecule has 210 valence electrons. The van der Waals surface area contributed by atoms with Crippen molar-refractivity contribution in [1.82, 2.24) is 24.4 Å². The molecular weight excluding hydrogens is 566 g/mol. The number of halogens is 1. The van der Waals surface area contributed by atoms with E-state index in [-0.39, 0.29) is 61.3 Å². The number of nitrogens with zero attached hydrogens (tertiary/aromatic N) is 4. The van der Waals surface area contributed by atoms with Crippen LogP contribution in [0.5, 0.6) is 0 Å². The van der Waals surface area contributed by atoms with Crippen LogP contribution in [0.25, 0.3) is 10.1 Å². The number of amides is 2. The summed E-state index contributed by atoms with van der Waals surface area (Å²) in [5.74, 6) is -0.242. The molecule has 2 N–H and O–H groups in total. The molecule has 0 aliphatic carbocycles. The van der Waals surface area contributed by atoms with Gasteiger partial charge in [-0.2, -0.15) is 4.31 Å². The molecule has 0 saturated carbocycles. The molecule has 1 fully saturated rings. The summed E-state index contributed by atoms with van der Waals surface area (Å²) < 4.78 is 35.3. The van der Waals surface area contributed by atoms with Crippen LogP contribution in [0.4, 0.5) is 0 Å². The number of hydrogen-bond donors (Lipinski definition) is 2. The number of hydrogen-bond acceptors (Lipinski definition) is 9. The van der Waals surface area contributed by atoms with Gasteiger partial charge >= 0.3 is 5.91 Å². The maximum atomic E-state index is 13.7. The molecule has 11 nitrogen and oxygen atoms in total. The first-order valence-corrected chi connectivity index (χ1v) is 15.3. The van der Waals surface area contributed by atoms with Crippen LogP contribution in [0.15, 0.2) is 32.9 Å². The van der Waals surface area contributed by atoms with Crippen molar-refractivity contribution in [3.05, 3.63) is 46.6 Å². The zero-order chi connectivity index (χ0) is 27.9. The van der Waals surface area contributed by atoms with Gasteiger partial charge < -0.3 is 24.6 Å². The van der Waals surface area contributed by atoms with Gasteiger partial charge in [0.2, 0.25) is 5.91 Å². The Labute approximate surface area is 235 Å². The number of aliphatic hydroxyl groups excluding tert-OH is 1. The van der Waals surface area contributed by atoms with Crippen molar-refractivity contribution < 1.29 is 27.5 Å². The van der Waals surface area contributed by atoms with E-state index < -0.39 is 22.0 Å². The van der Waals surface area contributed by atoms with E-state index in [0.29, 0.717) is 23.7 Å². The van der Waals surface area contributed by atoms with Crippen LogP contribution in [-0.4, -0.2) is 96.3 Å². The van der Waals surface area contributed by atoms with Crippen LogP contribution in [0.1, 0.15) is 35.5 Å². The van der Waals surface area contributed by atoms with Gasteiger partial charge in [0, 0.05) is 61.8 Å². The molecule has 39 heavy (non-hydrogen) atoms. The van der Waals surface area contributed by atoms with Crippen molar-refractivity contribution in [3.63, 3.8) is 0 Å². The molecule has 2 aliphatic rings. The molecule has 2 atom stereocenters. The highest BCUT2D eigenvalue weighted by Crippen LogP contribution is 2.34. The molecule has 3 aromatic rings. The second kappa shape index (κ2) is 11.1. The fraction of sp³-hybridized carbons (Fsp3) is 0.480. The first-order valence-electron chi connectivity index (χ1n) is 12.6. The third-order valence-corrected chi connectivity index (χ3v) is 10.8. The minimum absolute atomic E-state index is 0.0548. The number of fused-ring (bicyclic) bond motifs is 2. The lowest BCUT2D eigenvalue weighted by molar-refractivity contribution is -0.131. The predicted molar refractivity (Wildman–Crippen MR) is 146 cm³/mol. The number of likely N-dealkylation sites (N-methyl/N-ethyl adjacent to an activating group) is 1. The molecule has 14 heteroatoms. The SMILES string of the molecule is CC1Cc2nc(C(=O)N3CCN(S(=O)(=O)c4cc5ccc(Cl)cc5s4)CC3CC(=O)N(C)CCO)oc2CN1. The number of oxazole rings is 1. The van der Waals surface area contributed by atoms with Gasteiger partial charge in [0.1, 0.15) is 9.97 Å². The standard InChI is InChI=1S/C25H30ClN5O6S2/c1-15-9-19-20(13-27-15)37-24(28-19)25(34)31-6-5-30(14-18(31)12-22(33)29(2)7-8-32)39(35,36)23-10-16-3-4-17(26)11-21(16)38-23/h3-4,10-11,15,18,27,32H,5-9,12-14H2,1-2H3. The quantitative estimate of drug-likeness (QED) is 0.423. The third kappa shape index (κ3) is 5.70. The lowest BCUT2D eigenvalue weighted by atomic mass is 10.1. The van der Waals surface area contributed by atoms with Gasteiger partial charge in [-0.15, -0.1) is 11.3 Å². The number of benzene rings is 1. The molecule has 4 heterocycles. The van der Waals surface area contributed by atoms with Gasteiger partial charge in [-0.25, -0.2) is 13.4 Å². The summed E-state index contributed by atoms with van der Waals surface area (Å²) in [5, 5.41) is 13.8. The van der Waals surface area contributed by atoms with Crippen LogP contribution < -0.4 is 5.32 Å². The summed E-state index contributed by atoms with van der Waals surface area (Å²) in [4.78, 5) is 33.8. The number of carbonyl (C=O) groups is 2. The van der Waals surface area contributed by atoms with Crippen LogP contribution in [0.2, 0.25) is 5.02 Å². The van der Waals surface area contributed by atoms with Gasteiger partial charge in [0.25, 0.3) is 15.9 Å². The van der Waals surface area contributed by atoms with Crippen LogP contribution in [0, 0.1) is 0 Å². The maximum absolute atomic E-state index is 13.7. The second-order valence-electron chi connectivity index (χ2n) is 9.88. The molecule has 1 saturated heterocycles. The van der Waals surface area contributed by atoms with E-state index in [4.69, 9.17) is 16.0 Å². The summed E-state index contributed by atoms with van der Waals surface area (Å²) >= 11 is 7.21. The topological polar surface area (TPSA) is 136 Å². The van der Waals surface area contributed by atoms with Crippen LogP contribution in [-0.2, 0) is 27.8 Å². The van der Waals surface area contributed by atoms with Crippen molar-refractivity contribution in [3.8, 4) is 0 Å². The highest BCUT2D eigenvalue weighted by atomic mass is 35.5. The van der Waals surface area contributed by atoms with Crippen LogP contribution in [0.3, 0.4) is 0 Å². The fourth-order valence-corrected chi connectivity index (χ4v) is 8.18. The number of sulfonamides is 1. The van der Waals surface area contributed by atoms with E-state index in [1.54, 1.807) is 31.3 Å². The Kier molecular flexibility index (Phi) is 8.00. The minimum atomic E-state index is -3.90. The normalized spacial score (nSPS) is 20.3. The van der Waals surface area contributed by atoms with Crippen molar-refractivity contribution >= 4 is 54.9 Å². The number of carbonyl (C=O) groups excluding carboxylic acids is 2. The molecule has 0 spiro atoms. The molecular formula is C25H30ClN5O6S2. The highest BCUT2D eigenvalue weighted by Gasteiger charge is 2.40. The van der Waals surface area contributed by atoms with E-state index in [2.05, 4.69) is 10.3 Å². The van der Waals surface area contributed by atoms with Gasteiger partial charge in [0.05, 0.1) is 24.9 Å². The Morgan fingerprint density at radius 1 is 1.31 bits per heavy atom. The molecule has 0 bridgehead atoms. The monoisotopic (exact) mass is 595 g/mol. The Morgan fingerprint density at radius 3 is 2.87 bits per heavy atom. The minimum Gasteiger partial charge on any atom is -0.436 e. The average molecular weight is 596 g/mol. The lowest BCUT2D eigenvalue weighted by Crippen LogP contribution is -2.57. The second-order valence-corrected chi connectivity index (χ2v) is 13.6. The summed E-state index contributed by atoms with van der Waals surface area (Å²) in [5.41, 5.74) is 0.728. The molecule has 2 aromatic heterocycles. The Balaban J connectivity index is 1.41. The first-order chi connectivity index (χ1) is 18.6. The molecule has 0 radical (unpaired) electrons. The average Bonchev–Trinajstić information content (AvgIpc) is 3.52. The predicted octanol–water partition coefficient (Wildman–Crippen LogP) is 1.93. The maximum Gasteiger partial charge on any atom is 0.310 e. The Hall–Kier alpha value is -2.55. The fourth-order valence-electron chi connectivity index (χ4n) is 4.88. The number of thiophene rings is 1. The number of piperazine rings is 1. The van der Waals surface area contributed by atoms with E-state index in [1.165, 1.54) is 14.1 Å². The zero-order valence-corrected chi connectivity index (χ0v) is 24.0. The Bertz CT molecular complexity index is 1510. The third-order valence-electron chi connectivity index (χ3n) is 7.10. The number of aromatic nitrogens is 1. The summed E-state index contributed by atoms with van der Waals surface area (Å²) in [6.45, 7) is 2.47. The zero-order valence-electron chi connectivity index (χ0n) is 21.6. The van der Waals surface area contributed by atoms with Gasteiger partial charge in [0.15, 0.2) is 0 Å². The number of rotatable bonds is 7. The lowest BCUT2D eigenvalue weighted by Gasteiger charge is -2.40. The van der Waals surface area contributed by atoms with Crippen molar-refractivity contribution in [2.24, 2.45) is 0 Å². The van der Waals surface area contributed by atoms with Crippen molar-refractivity contribution in [2.45, 2.75) is 42.6 Å². The molecule has 2 unspecified atom stereocenters. The van der Waals surface area contributed by atoms with E-state index in [9.17, 15) is 23.1 Å². The number of aliphatic hydroxyl groups is 1. The Morgan fingerprint density at radius 2 is 2.10 bits per heavy atom. The smallest absolute Gasteiger partial charge is 0.310 e. The molecule has 5 rings (SSSR count). The molecule has 2 aliphatic heterocycles. The van der Waals surface area contributed by atoms with Crippen molar-refractivity contribution in [2.75, 3.05) is 39.8 Å². The van der Waals surface area contributed by atoms with E-state index in [0.717, 1.165) is 27.1 Å². The van der Waals surface area contributed by atoms with Gasteiger partial charge in [-0.1, -0.05) is 17.7 Å².